The van der Waals surface area contributed by atoms with Gasteiger partial charge in [-0.2, -0.15) is 0 Å². The normalized spacial score (nSPS) is 19.0. The molecule has 0 bridgehead atoms. The zero-order valence-electron chi connectivity index (χ0n) is 40.0. The zero-order valence-corrected chi connectivity index (χ0v) is 40.0. The van der Waals surface area contributed by atoms with Crippen LogP contribution in [0, 0.1) is 0 Å². The molecule has 0 saturated carbocycles. The monoisotopic (exact) mass is 819 g/mol. The minimum absolute atomic E-state index is 0.0168. The van der Waals surface area contributed by atoms with Crippen molar-refractivity contribution in [1.29, 1.82) is 0 Å². The van der Waals surface area contributed by atoms with Crippen molar-refractivity contribution in [3.8, 4) is 11.1 Å². The second-order valence-corrected chi connectivity index (χ2v) is 24.0. The Labute approximate surface area is 373 Å². The van der Waals surface area contributed by atoms with Crippen LogP contribution in [-0.2, 0) is 32.5 Å². The van der Waals surface area contributed by atoms with Gasteiger partial charge in [0, 0.05) is 33.9 Å². The smallest absolute Gasteiger partial charge is 0.256 e. The number of furan rings is 1. The van der Waals surface area contributed by atoms with Crippen molar-refractivity contribution < 1.29 is 4.42 Å². The third-order valence-corrected chi connectivity index (χ3v) is 15.6. The lowest BCUT2D eigenvalue weighted by molar-refractivity contribution is 0.280. The number of hydrogen-bond acceptors (Lipinski definition) is 3. The molecule has 62 heavy (non-hydrogen) atoms. The molecule has 4 heteroatoms. The minimum atomic E-state index is -0.103. The molecule has 4 aliphatic rings. The van der Waals surface area contributed by atoms with Gasteiger partial charge in [-0.15, -0.1) is 0 Å². The van der Waals surface area contributed by atoms with E-state index in [1.807, 2.05) is 0 Å². The summed E-state index contributed by atoms with van der Waals surface area (Å²) in [6.45, 7) is 33.5. The Kier molecular flexibility index (Phi) is 8.80. The van der Waals surface area contributed by atoms with E-state index in [9.17, 15) is 0 Å². The predicted octanol–water partition coefficient (Wildman–Crippen LogP) is 14.3. The van der Waals surface area contributed by atoms with E-state index >= 15 is 0 Å². The minimum Gasteiger partial charge on any atom is -0.444 e. The van der Waals surface area contributed by atoms with Gasteiger partial charge in [-0.05, 0) is 151 Å². The molecule has 5 aromatic carbocycles. The summed E-state index contributed by atoms with van der Waals surface area (Å²) in [6, 6.07) is 40.1. The molecule has 0 unspecified atom stereocenters. The molecule has 3 heterocycles. The molecule has 0 spiro atoms. The van der Waals surface area contributed by atoms with Crippen LogP contribution in [0.25, 0.3) is 11.1 Å². The van der Waals surface area contributed by atoms with Gasteiger partial charge >= 0.3 is 0 Å². The van der Waals surface area contributed by atoms with Crippen molar-refractivity contribution in [2.45, 2.75) is 155 Å². The van der Waals surface area contributed by atoms with E-state index in [-0.39, 0.29) is 39.2 Å². The van der Waals surface area contributed by atoms with E-state index in [1.54, 1.807) is 0 Å². The molecule has 0 N–H and O–H groups in total. The Bertz CT molecular complexity index is 2750. The summed E-state index contributed by atoms with van der Waals surface area (Å²) in [5.74, 6) is 2.15. The summed E-state index contributed by atoms with van der Waals surface area (Å²) in [4.78, 5) is 5.14. The molecule has 0 amide bonds. The van der Waals surface area contributed by atoms with Crippen LogP contribution in [0.15, 0.2) is 108 Å². The van der Waals surface area contributed by atoms with E-state index < -0.39 is 0 Å². The van der Waals surface area contributed by atoms with Gasteiger partial charge in [0.1, 0.15) is 5.76 Å². The molecule has 0 atom stereocenters. The first kappa shape index (κ1) is 41.1. The SMILES string of the molecule is CC(C)(C)c1ccc(N2c3cc4c(cc3B3c5c2cc(-c2ccccc2)cc5N(c2ccc(C(C)(C)C)cc2)c2oc5c(c23)C(C)(C)CCC5(C)C)C(C)(C)CCC4(C)C)cc1. The highest BCUT2D eigenvalue weighted by molar-refractivity contribution is 7.00. The van der Waals surface area contributed by atoms with Gasteiger partial charge < -0.3 is 9.32 Å². The van der Waals surface area contributed by atoms with Crippen molar-refractivity contribution in [3.05, 3.63) is 137 Å². The Morgan fingerprint density at radius 3 is 1.52 bits per heavy atom. The van der Waals surface area contributed by atoms with Crippen LogP contribution in [0.3, 0.4) is 0 Å². The maximum atomic E-state index is 7.61. The van der Waals surface area contributed by atoms with Crippen LogP contribution in [0.5, 0.6) is 0 Å². The first-order chi connectivity index (χ1) is 29.0. The van der Waals surface area contributed by atoms with E-state index in [0.29, 0.717) is 0 Å². The van der Waals surface area contributed by atoms with E-state index in [0.717, 1.165) is 30.2 Å². The summed E-state index contributed by atoms with van der Waals surface area (Å²) in [7, 11) is 0. The molecule has 3 nitrogen and oxygen atoms in total. The van der Waals surface area contributed by atoms with Crippen molar-refractivity contribution in [2.75, 3.05) is 9.80 Å². The van der Waals surface area contributed by atoms with Gasteiger partial charge in [0.2, 0.25) is 0 Å². The lowest BCUT2D eigenvalue weighted by Crippen LogP contribution is -2.63. The Morgan fingerprint density at radius 2 is 0.968 bits per heavy atom. The molecule has 6 aromatic rings. The molecule has 0 fully saturated rings. The van der Waals surface area contributed by atoms with Crippen LogP contribution < -0.4 is 26.2 Å². The molecular formula is C58H67BN2O. The van der Waals surface area contributed by atoms with Crippen molar-refractivity contribution >= 4 is 57.4 Å². The summed E-state index contributed by atoms with van der Waals surface area (Å²) >= 11 is 0. The van der Waals surface area contributed by atoms with E-state index in [2.05, 4.69) is 210 Å². The molecule has 2 aliphatic heterocycles. The molecule has 0 saturated heterocycles. The molecule has 1 aromatic heterocycles. The second kappa shape index (κ2) is 13.3. The quantitative estimate of drug-likeness (QED) is 0.166. The summed E-state index contributed by atoms with van der Waals surface area (Å²) in [5.41, 5.74) is 19.7. The molecule has 2 aliphatic carbocycles. The number of benzene rings is 5. The summed E-state index contributed by atoms with van der Waals surface area (Å²) in [6.07, 6.45) is 4.54. The Hall–Kier alpha value is -4.96. The number of fused-ring (bicyclic) bond motifs is 7. The van der Waals surface area contributed by atoms with Crippen LogP contribution in [0.1, 0.15) is 156 Å². The largest absolute Gasteiger partial charge is 0.444 e. The second-order valence-electron chi connectivity index (χ2n) is 24.0. The third-order valence-electron chi connectivity index (χ3n) is 15.6. The summed E-state index contributed by atoms with van der Waals surface area (Å²) < 4.78 is 7.61. The van der Waals surface area contributed by atoms with Crippen LogP contribution in [0.2, 0.25) is 0 Å². The maximum absolute atomic E-state index is 7.61. The van der Waals surface area contributed by atoms with Gasteiger partial charge in [0.25, 0.3) is 6.71 Å². The molecule has 318 valence electrons. The number of nitrogens with zero attached hydrogens (tertiary/aromatic N) is 2. The standard InChI is InChI=1S/C58H67BN2O/c1-53(2,3)38-20-24-40(25-21-38)60-45-35-43-42(55(7,8)28-29-56(43,9)10)34-44(45)59-49-46(60)32-37(36-18-16-15-17-19-36)33-47(49)61(41-26-22-39(23-27-41)54(4,5)6)52-50(59)48-51(62-52)58(13,14)31-30-57(48,11)12/h15-27,32-35H,28-31H2,1-14H3. The first-order valence-electron chi connectivity index (χ1n) is 23.4. The number of anilines is 6. The van der Waals surface area contributed by atoms with Crippen LogP contribution in [0.4, 0.5) is 34.3 Å². The maximum Gasteiger partial charge on any atom is 0.256 e. The lowest BCUT2D eigenvalue weighted by Gasteiger charge is -2.47. The fraction of sp³-hybridized carbons (Fsp3) is 0.414. The van der Waals surface area contributed by atoms with Crippen molar-refractivity contribution in [1.82, 2.24) is 0 Å². The fourth-order valence-corrected chi connectivity index (χ4v) is 11.5. The first-order valence-corrected chi connectivity index (χ1v) is 23.4. The Morgan fingerprint density at radius 1 is 0.484 bits per heavy atom. The van der Waals surface area contributed by atoms with Crippen LogP contribution in [-0.4, -0.2) is 6.71 Å². The lowest BCUT2D eigenvalue weighted by atomic mass is 9.32. The summed E-state index contributed by atoms with van der Waals surface area (Å²) in [5, 5.41) is 0. The highest BCUT2D eigenvalue weighted by Gasteiger charge is 2.53. The van der Waals surface area contributed by atoms with E-state index in [1.165, 1.54) is 90.9 Å². The topological polar surface area (TPSA) is 19.6 Å². The van der Waals surface area contributed by atoms with E-state index in [4.69, 9.17) is 4.42 Å². The van der Waals surface area contributed by atoms with Gasteiger partial charge in [0.15, 0.2) is 5.88 Å². The zero-order chi connectivity index (χ0) is 44.1. The van der Waals surface area contributed by atoms with Crippen molar-refractivity contribution in [2.24, 2.45) is 0 Å². The van der Waals surface area contributed by atoms with Gasteiger partial charge in [0.05, 0.1) is 0 Å². The molecular weight excluding hydrogens is 751 g/mol. The van der Waals surface area contributed by atoms with Crippen LogP contribution >= 0.6 is 0 Å². The average Bonchev–Trinajstić information content (AvgIpc) is 3.64. The highest BCUT2D eigenvalue weighted by Crippen LogP contribution is 2.55. The molecule has 0 radical (unpaired) electrons. The molecule has 10 rings (SSSR count). The highest BCUT2D eigenvalue weighted by atomic mass is 16.4. The number of hydrogen-bond donors (Lipinski definition) is 0. The van der Waals surface area contributed by atoms with Gasteiger partial charge in [-0.1, -0.05) is 158 Å². The third kappa shape index (κ3) is 6.20. The van der Waals surface area contributed by atoms with Gasteiger partial charge in [-0.25, -0.2) is 0 Å². The van der Waals surface area contributed by atoms with Gasteiger partial charge in [-0.3, -0.25) is 4.90 Å². The Balaban J connectivity index is 1.37. The average molecular weight is 819 g/mol. The fourth-order valence-electron chi connectivity index (χ4n) is 11.5. The predicted molar refractivity (Wildman–Crippen MR) is 266 cm³/mol. The van der Waals surface area contributed by atoms with Crippen molar-refractivity contribution in [3.63, 3.8) is 0 Å². The number of rotatable bonds is 3.